The first kappa shape index (κ1) is 18.6. The summed E-state index contributed by atoms with van der Waals surface area (Å²) in [5, 5.41) is 0. The highest BCUT2D eigenvalue weighted by Crippen LogP contribution is 2.37. The standard InChI is InChI=1S/C21H27N3O2S/c1-27(25,26)24-16-20-9-3-2-8-19(20)13-21(17-24)10-4-5-12-23(21)15-18-7-6-11-22-14-18/h2-3,6-9,11,14H,4-5,10,12-13,15-17H2,1H3. The van der Waals surface area contributed by atoms with Crippen LogP contribution in [0.25, 0.3) is 0 Å². The van der Waals surface area contributed by atoms with Crippen molar-refractivity contribution in [2.24, 2.45) is 0 Å². The van der Waals surface area contributed by atoms with Gasteiger partial charge in [0.1, 0.15) is 0 Å². The number of benzene rings is 1. The minimum atomic E-state index is -3.27. The molecule has 0 N–H and O–H groups in total. The topological polar surface area (TPSA) is 53.5 Å². The maximum atomic E-state index is 12.5. The maximum Gasteiger partial charge on any atom is 0.211 e. The Balaban J connectivity index is 1.74. The van der Waals surface area contributed by atoms with E-state index in [1.807, 2.05) is 18.3 Å². The number of aromatic nitrogens is 1. The molecule has 1 aromatic carbocycles. The molecule has 2 aromatic rings. The number of pyridine rings is 1. The van der Waals surface area contributed by atoms with E-state index < -0.39 is 10.0 Å². The highest BCUT2D eigenvalue weighted by Gasteiger charge is 2.44. The Bertz CT molecular complexity index is 901. The fraction of sp³-hybridized carbons (Fsp3) is 0.476. The molecule has 5 nitrogen and oxygen atoms in total. The Hall–Kier alpha value is -1.76. The predicted octanol–water partition coefficient (Wildman–Crippen LogP) is 2.82. The molecule has 0 bridgehead atoms. The molecule has 144 valence electrons. The molecule has 2 aliphatic rings. The summed E-state index contributed by atoms with van der Waals surface area (Å²) >= 11 is 0. The minimum absolute atomic E-state index is 0.163. The van der Waals surface area contributed by atoms with E-state index >= 15 is 0 Å². The molecular formula is C21H27N3O2S. The van der Waals surface area contributed by atoms with Crippen LogP contribution >= 0.6 is 0 Å². The molecule has 1 aromatic heterocycles. The number of likely N-dealkylation sites (tertiary alicyclic amines) is 1. The fourth-order valence-corrected chi connectivity index (χ4v) is 5.44. The van der Waals surface area contributed by atoms with E-state index in [0.29, 0.717) is 13.1 Å². The van der Waals surface area contributed by atoms with Crippen molar-refractivity contribution in [3.05, 3.63) is 65.5 Å². The van der Waals surface area contributed by atoms with Crippen molar-refractivity contribution in [1.29, 1.82) is 0 Å². The van der Waals surface area contributed by atoms with Crippen molar-refractivity contribution in [3.63, 3.8) is 0 Å². The number of rotatable bonds is 3. The third-order valence-electron chi connectivity index (χ3n) is 6.01. The van der Waals surface area contributed by atoms with Crippen molar-refractivity contribution in [3.8, 4) is 0 Å². The summed E-state index contributed by atoms with van der Waals surface area (Å²) in [4.78, 5) is 6.77. The summed E-state index contributed by atoms with van der Waals surface area (Å²) in [5.41, 5.74) is 3.43. The highest BCUT2D eigenvalue weighted by atomic mass is 32.2. The van der Waals surface area contributed by atoms with Gasteiger partial charge in [0.25, 0.3) is 0 Å². The summed E-state index contributed by atoms with van der Waals surface area (Å²) in [5.74, 6) is 0. The molecule has 1 atom stereocenters. The van der Waals surface area contributed by atoms with Gasteiger partial charge in [-0.25, -0.2) is 8.42 Å². The molecular weight excluding hydrogens is 358 g/mol. The second kappa shape index (κ2) is 7.34. The van der Waals surface area contributed by atoms with Gasteiger partial charge < -0.3 is 0 Å². The molecule has 1 spiro atoms. The van der Waals surface area contributed by atoms with Gasteiger partial charge in [-0.2, -0.15) is 4.31 Å². The smallest absolute Gasteiger partial charge is 0.211 e. The monoisotopic (exact) mass is 385 g/mol. The average Bonchev–Trinajstić information content (AvgIpc) is 2.82. The van der Waals surface area contributed by atoms with E-state index in [-0.39, 0.29) is 5.54 Å². The number of piperidine rings is 1. The van der Waals surface area contributed by atoms with Crippen molar-refractivity contribution in [1.82, 2.24) is 14.2 Å². The molecule has 1 unspecified atom stereocenters. The lowest BCUT2D eigenvalue weighted by atomic mass is 9.80. The summed E-state index contributed by atoms with van der Waals surface area (Å²) < 4.78 is 26.8. The summed E-state index contributed by atoms with van der Waals surface area (Å²) in [6.45, 7) is 2.83. The quantitative estimate of drug-likeness (QED) is 0.815. The summed E-state index contributed by atoms with van der Waals surface area (Å²) in [6, 6.07) is 12.4. The van der Waals surface area contributed by atoms with E-state index in [0.717, 1.165) is 44.3 Å². The van der Waals surface area contributed by atoms with Crippen molar-refractivity contribution >= 4 is 10.0 Å². The van der Waals surface area contributed by atoms with Gasteiger partial charge in [0.2, 0.25) is 10.0 Å². The van der Waals surface area contributed by atoms with Crippen LogP contribution in [0.3, 0.4) is 0 Å². The third-order valence-corrected chi connectivity index (χ3v) is 7.21. The molecule has 27 heavy (non-hydrogen) atoms. The first-order chi connectivity index (χ1) is 13.0. The molecule has 2 aliphatic heterocycles. The first-order valence-electron chi connectivity index (χ1n) is 9.62. The van der Waals surface area contributed by atoms with Crippen LogP contribution in [0.1, 0.15) is 36.0 Å². The Labute approximate surface area is 162 Å². The lowest BCUT2D eigenvalue weighted by molar-refractivity contribution is 0.0260. The van der Waals surface area contributed by atoms with Crippen LogP contribution in [0.2, 0.25) is 0 Å². The number of hydrogen-bond acceptors (Lipinski definition) is 4. The van der Waals surface area contributed by atoms with Crippen LogP contribution in [0.5, 0.6) is 0 Å². The zero-order valence-electron chi connectivity index (χ0n) is 15.8. The Morgan fingerprint density at radius 2 is 1.93 bits per heavy atom. The normalized spacial score (nSPS) is 24.5. The minimum Gasteiger partial charge on any atom is -0.292 e. The zero-order valence-corrected chi connectivity index (χ0v) is 16.7. The molecule has 0 aliphatic carbocycles. The van der Waals surface area contributed by atoms with Crippen LogP contribution in [-0.2, 0) is 29.5 Å². The van der Waals surface area contributed by atoms with Gasteiger partial charge in [-0.15, -0.1) is 0 Å². The second-order valence-electron chi connectivity index (χ2n) is 7.94. The molecule has 0 saturated carbocycles. The number of sulfonamides is 1. The molecule has 4 rings (SSSR count). The Morgan fingerprint density at radius 1 is 1.11 bits per heavy atom. The van der Waals surface area contributed by atoms with Crippen molar-refractivity contribution in [2.75, 3.05) is 19.3 Å². The van der Waals surface area contributed by atoms with Crippen LogP contribution in [-0.4, -0.2) is 47.5 Å². The second-order valence-corrected chi connectivity index (χ2v) is 9.92. The van der Waals surface area contributed by atoms with Crippen molar-refractivity contribution in [2.45, 2.75) is 44.3 Å². The van der Waals surface area contributed by atoms with Crippen LogP contribution in [0.15, 0.2) is 48.8 Å². The number of fused-ring (bicyclic) bond motifs is 1. The fourth-order valence-electron chi connectivity index (χ4n) is 4.59. The maximum absolute atomic E-state index is 12.5. The Kier molecular flexibility index (Phi) is 5.05. The lowest BCUT2D eigenvalue weighted by Crippen LogP contribution is -2.58. The van der Waals surface area contributed by atoms with E-state index in [2.05, 4.69) is 34.1 Å². The lowest BCUT2D eigenvalue weighted by Gasteiger charge is -2.48. The Morgan fingerprint density at radius 3 is 2.67 bits per heavy atom. The molecule has 0 amide bonds. The van der Waals surface area contributed by atoms with Crippen LogP contribution in [0.4, 0.5) is 0 Å². The van der Waals surface area contributed by atoms with Crippen LogP contribution in [0, 0.1) is 0 Å². The molecule has 6 heteroatoms. The summed E-state index contributed by atoms with van der Waals surface area (Å²) in [7, 11) is -3.27. The van der Waals surface area contributed by atoms with E-state index in [1.165, 1.54) is 17.4 Å². The number of nitrogens with zero attached hydrogens (tertiary/aromatic N) is 3. The van der Waals surface area contributed by atoms with E-state index in [4.69, 9.17) is 0 Å². The van der Waals surface area contributed by atoms with Gasteiger partial charge in [-0.05, 0) is 48.6 Å². The van der Waals surface area contributed by atoms with Gasteiger partial charge in [0.15, 0.2) is 0 Å². The highest BCUT2D eigenvalue weighted by molar-refractivity contribution is 7.88. The largest absolute Gasteiger partial charge is 0.292 e. The number of hydrogen-bond donors (Lipinski definition) is 0. The SMILES string of the molecule is CS(=O)(=O)N1Cc2ccccc2CC2(CCCCN2Cc2cccnc2)C1. The van der Waals surface area contributed by atoms with Gasteiger partial charge in [-0.1, -0.05) is 36.8 Å². The van der Waals surface area contributed by atoms with Gasteiger partial charge in [0.05, 0.1) is 6.26 Å². The molecule has 1 saturated heterocycles. The van der Waals surface area contributed by atoms with E-state index in [1.54, 1.807) is 10.5 Å². The third kappa shape index (κ3) is 3.93. The molecule has 0 radical (unpaired) electrons. The van der Waals surface area contributed by atoms with Gasteiger partial charge in [0, 0.05) is 37.6 Å². The van der Waals surface area contributed by atoms with Crippen molar-refractivity contribution < 1.29 is 8.42 Å². The molecule has 1 fully saturated rings. The first-order valence-corrected chi connectivity index (χ1v) is 11.5. The summed E-state index contributed by atoms with van der Waals surface area (Å²) in [6.07, 6.45) is 9.27. The predicted molar refractivity (Wildman–Crippen MR) is 107 cm³/mol. The van der Waals surface area contributed by atoms with Gasteiger partial charge in [-0.3, -0.25) is 9.88 Å². The zero-order chi connectivity index (χ0) is 18.9. The molecule has 3 heterocycles. The van der Waals surface area contributed by atoms with Gasteiger partial charge >= 0.3 is 0 Å². The average molecular weight is 386 g/mol. The van der Waals surface area contributed by atoms with Crippen LogP contribution < -0.4 is 0 Å². The van der Waals surface area contributed by atoms with E-state index in [9.17, 15) is 8.42 Å².